The Morgan fingerprint density at radius 1 is 1.35 bits per heavy atom. The van der Waals surface area contributed by atoms with Crippen LogP contribution in [0, 0.1) is 0 Å². The molecule has 2 aromatic rings. The van der Waals surface area contributed by atoms with Gasteiger partial charge >= 0.3 is 0 Å². The smallest absolute Gasteiger partial charge is 0.254 e. The molecule has 0 aliphatic rings. The molecule has 0 aliphatic carbocycles. The van der Waals surface area contributed by atoms with Crippen molar-refractivity contribution in [2.24, 2.45) is 0 Å². The van der Waals surface area contributed by atoms with Crippen LogP contribution in [0.25, 0.3) is 0 Å². The molecule has 0 bridgehead atoms. The summed E-state index contributed by atoms with van der Waals surface area (Å²) in [4.78, 5) is 17.2. The van der Waals surface area contributed by atoms with Crippen LogP contribution in [0.2, 0.25) is 0 Å². The van der Waals surface area contributed by atoms with E-state index in [0.717, 1.165) is 6.07 Å². The predicted molar refractivity (Wildman–Crippen MR) is 61.7 cm³/mol. The third-order valence-electron chi connectivity index (χ3n) is 2.03. The van der Waals surface area contributed by atoms with Gasteiger partial charge in [0.15, 0.2) is 5.82 Å². The van der Waals surface area contributed by atoms with E-state index in [-0.39, 0.29) is 18.3 Å². The zero-order chi connectivity index (χ0) is 12.3. The highest BCUT2D eigenvalue weighted by Crippen LogP contribution is 2.14. The second-order valence-corrected chi connectivity index (χ2v) is 3.41. The highest BCUT2D eigenvalue weighted by atomic mass is 16.5. The van der Waals surface area contributed by atoms with Gasteiger partial charge in [-0.3, -0.25) is 4.79 Å². The van der Waals surface area contributed by atoms with Gasteiger partial charge in [-0.05, 0) is 24.3 Å². The topological polar surface area (TPSA) is 101 Å². The van der Waals surface area contributed by atoms with Crippen LogP contribution in [0.15, 0.2) is 35.1 Å². The summed E-state index contributed by atoms with van der Waals surface area (Å²) < 4.78 is 5.36. The number of benzene rings is 1. The third kappa shape index (κ3) is 2.97. The van der Waals surface area contributed by atoms with Gasteiger partial charge in [0.2, 0.25) is 5.88 Å². The lowest BCUT2D eigenvalue weighted by Crippen LogP contribution is -2.11. The fourth-order valence-electron chi connectivity index (χ4n) is 1.28. The number of hydrogen-bond donors (Lipinski definition) is 3. The number of aromatic nitrogens is 2. The van der Waals surface area contributed by atoms with E-state index < -0.39 is 5.56 Å². The Bertz CT molecular complexity index is 563. The van der Waals surface area contributed by atoms with E-state index in [2.05, 4.69) is 9.97 Å². The number of hydrogen-bond acceptors (Lipinski definition) is 5. The molecule has 88 valence electrons. The Balaban J connectivity index is 2.07. The molecule has 4 N–H and O–H groups in total. The molecule has 1 aromatic carbocycles. The number of aromatic hydroxyl groups is 1. The molecule has 0 spiro atoms. The number of aromatic amines is 1. The lowest BCUT2D eigenvalue weighted by Gasteiger charge is -2.05. The van der Waals surface area contributed by atoms with Crippen LogP contribution in [0.4, 0.5) is 5.69 Å². The monoisotopic (exact) mass is 233 g/mol. The highest BCUT2D eigenvalue weighted by molar-refractivity contribution is 5.41. The van der Waals surface area contributed by atoms with Crippen molar-refractivity contribution in [1.82, 2.24) is 9.97 Å². The van der Waals surface area contributed by atoms with Gasteiger partial charge in [0, 0.05) is 5.69 Å². The standard InChI is InChI=1S/C11H11N3O3/c12-7-1-3-8(4-2-7)17-6-9-13-10(15)5-11(16)14-9/h1-5H,6,12H2,(H2,13,14,15,16). The number of ether oxygens (including phenoxy) is 1. The summed E-state index contributed by atoms with van der Waals surface area (Å²) in [6, 6.07) is 7.81. The van der Waals surface area contributed by atoms with Crippen molar-refractivity contribution in [2.75, 3.05) is 5.73 Å². The molecule has 17 heavy (non-hydrogen) atoms. The minimum atomic E-state index is -0.423. The normalized spacial score (nSPS) is 10.1. The number of H-pyrrole nitrogens is 1. The summed E-state index contributed by atoms with van der Waals surface area (Å²) in [6.45, 7) is 0.0631. The molecule has 0 fully saturated rings. The number of anilines is 1. The maximum Gasteiger partial charge on any atom is 0.254 e. The van der Waals surface area contributed by atoms with Crippen molar-refractivity contribution in [1.29, 1.82) is 0 Å². The summed E-state index contributed by atoms with van der Waals surface area (Å²) in [5.74, 6) is 0.529. The number of nitrogens with zero attached hydrogens (tertiary/aromatic N) is 1. The molecule has 0 radical (unpaired) electrons. The van der Waals surface area contributed by atoms with E-state index in [1.54, 1.807) is 24.3 Å². The second-order valence-electron chi connectivity index (χ2n) is 3.41. The SMILES string of the molecule is Nc1ccc(OCc2nc(O)cc(=O)[nH]2)cc1. The Morgan fingerprint density at radius 2 is 2.06 bits per heavy atom. The van der Waals surface area contributed by atoms with Crippen LogP contribution in [0.5, 0.6) is 11.6 Å². The van der Waals surface area contributed by atoms with Gasteiger partial charge < -0.3 is 20.6 Å². The van der Waals surface area contributed by atoms with Crippen LogP contribution >= 0.6 is 0 Å². The Labute approximate surface area is 96.7 Å². The molecule has 0 saturated heterocycles. The Morgan fingerprint density at radius 3 is 2.71 bits per heavy atom. The van der Waals surface area contributed by atoms with Crippen molar-refractivity contribution in [3.63, 3.8) is 0 Å². The summed E-state index contributed by atoms with van der Waals surface area (Å²) in [5.41, 5.74) is 5.74. The first kappa shape index (κ1) is 11.0. The molecule has 6 nitrogen and oxygen atoms in total. The van der Waals surface area contributed by atoms with E-state index in [4.69, 9.17) is 15.6 Å². The van der Waals surface area contributed by atoms with Gasteiger partial charge in [0.25, 0.3) is 5.56 Å². The first-order chi connectivity index (χ1) is 8.13. The Kier molecular flexibility index (Phi) is 2.95. The lowest BCUT2D eigenvalue weighted by atomic mass is 10.3. The largest absolute Gasteiger partial charge is 0.493 e. The maximum atomic E-state index is 11.0. The molecule has 0 atom stereocenters. The Hall–Kier alpha value is -2.50. The predicted octanol–water partition coefficient (Wildman–Crippen LogP) is 0.637. The van der Waals surface area contributed by atoms with Crippen LogP contribution < -0.4 is 16.0 Å². The van der Waals surface area contributed by atoms with Crippen molar-refractivity contribution in [2.45, 2.75) is 6.61 Å². The average Bonchev–Trinajstić information content (AvgIpc) is 2.27. The van der Waals surface area contributed by atoms with Crippen LogP contribution in [-0.2, 0) is 6.61 Å². The minimum Gasteiger partial charge on any atom is -0.493 e. The van der Waals surface area contributed by atoms with Gasteiger partial charge in [-0.25, -0.2) is 0 Å². The zero-order valence-corrected chi connectivity index (χ0v) is 8.88. The second kappa shape index (κ2) is 4.56. The molecule has 6 heteroatoms. The van der Waals surface area contributed by atoms with E-state index in [9.17, 15) is 4.79 Å². The average molecular weight is 233 g/mol. The van der Waals surface area contributed by atoms with Crippen molar-refractivity contribution in [3.8, 4) is 11.6 Å². The fourth-order valence-corrected chi connectivity index (χ4v) is 1.28. The van der Waals surface area contributed by atoms with E-state index >= 15 is 0 Å². The first-order valence-electron chi connectivity index (χ1n) is 4.91. The van der Waals surface area contributed by atoms with Gasteiger partial charge in [-0.1, -0.05) is 0 Å². The number of nitrogen functional groups attached to an aromatic ring is 1. The van der Waals surface area contributed by atoms with Gasteiger partial charge in [0.05, 0.1) is 6.07 Å². The molecule has 0 amide bonds. The van der Waals surface area contributed by atoms with Crippen LogP contribution in [0.3, 0.4) is 0 Å². The summed E-state index contributed by atoms with van der Waals surface area (Å²) in [6.07, 6.45) is 0. The van der Waals surface area contributed by atoms with Crippen molar-refractivity contribution < 1.29 is 9.84 Å². The molecule has 0 aliphatic heterocycles. The van der Waals surface area contributed by atoms with Gasteiger partial charge in [0.1, 0.15) is 12.4 Å². The molecule has 1 heterocycles. The molecular weight excluding hydrogens is 222 g/mol. The molecule has 0 unspecified atom stereocenters. The summed E-state index contributed by atoms with van der Waals surface area (Å²) in [7, 11) is 0. The van der Waals surface area contributed by atoms with Gasteiger partial charge in [-0.2, -0.15) is 4.98 Å². The maximum absolute atomic E-state index is 11.0. The van der Waals surface area contributed by atoms with Crippen LogP contribution in [-0.4, -0.2) is 15.1 Å². The van der Waals surface area contributed by atoms with Crippen molar-refractivity contribution >= 4 is 5.69 Å². The van der Waals surface area contributed by atoms with E-state index in [1.807, 2.05) is 0 Å². The van der Waals surface area contributed by atoms with Crippen molar-refractivity contribution in [3.05, 3.63) is 46.5 Å². The highest BCUT2D eigenvalue weighted by Gasteiger charge is 2.01. The van der Waals surface area contributed by atoms with Gasteiger partial charge in [-0.15, -0.1) is 0 Å². The molecular formula is C11H11N3O3. The number of rotatable bonds is 3. The number of nitrogens with two attached hydrogens (primary N) is 1. The molecule has 0 saturated carbocycles. The molecule has 1 aromatic heterocycles. The minimum absolute atomic E-state index is 0.0631. The summed E-state index contributed by atoms with van der Waals surface area (Å²) in [5, 5.41) is 9.12. The van der Waals surface area contributed by atoms with E-state index in [0.29, 0.717) is 11.4 Å². The fraction of sp³-hybridized carbons (Fsp3) is 0.0909. The lowest BCUT2D eigenvalue weighted by molar-refractivity contribution is 0.292. The van der Waals surface area contributed by atoms with E-state index in [1.165, 1.54) is 0 Å². The quantitative estimate of drug-likeness (QED) is 0.675. The third-order valence-corrected chi connectivity index (χ3v) is 2.03. The first-order valence-corrected chi connectivity index (χ1v) is 4.91. The number of nitrogens with one attached hydrogen (secondary N) is 1. The summed E-state index contributed by atoms with van der Waals surface area (Å²) >= 11 is 0. The zero-order valence-electron chi connectivity index (χ0n) is 8.88. The molecule has 2 rings (SSSR count). The van der Waals surface area contributed by atoms with Crippen LogP contribution in [0.1, 0.15) is 5.82 Å².